The molecule has 28 nitrogen and oxygen atoms in total. The molecule has 0 radical (unpaired) electrons. The van der Waals surface area contributed by atoms with Gasteiger partial charge in [-0.3, -0.25) is 57.6 Å². The van der Waals surface area contributed by atoms with Crippen molar-refractivity contribution in [2.24, 2.45) is 35.3 Å². The quantitative estimate of drug-likeness (QED) is 0.0355. The number of ether oxygens (including phenoxy) is 2. The highest BCUT2D eigenvalue weighted by molar-refractivity contribution is 6.05. The minimum Gasteiger partial charge on any atom is -0.391 e. The summed E-state index contributed by atoms with van der Waals surface area (Å²) in [5, 5.41) is 19.9. The van der Waals surface area contributed by atoms with E-state index >= 15 is 14.4 Å². The summed E-state index contributed by atoms with van der Waals surface area (Å²) in [6.07, 6.45) is 3.36. The van der Waals surface area contributed by atoms with E-state index in [0.29, 0.717) is 70.8 Å². The summed E-state index contributed by atoms with van der Waals surface area (Å²) in [7, 11) is 8.56. The van der Waals surface area contributed by atoms with Crippen LogP contribution in [0.2, 0.25) is 0 Å². The Morgan fingerprint density at radius 3 is 1.58 bits per heavy atom. The number of likely N-dealkylation sites (N-methyl/N-ethyl adjacent to an activating group) is 6. The highest BCUT2D eigenvalue weighted by Gasteiger charge is 2.42. The van der Waals surface area contributed by atoms with Crippen LogP contribution in [0, 0.1) is 29.6 Å². The highest BCUT2D eigenvalue weighted by atomic mass is 16.5. The Kier molecular flexibility index (Phi) is 38.1. The lowest BCUT2D eigenvalue weighted by molar-refractivity contribution is -0.151. The molecule has 0 aliphatic carbocycles. The number of hydrogen-bond acceptors (Lipinski definition) is 17. The number of aliphatic hydroxyl groups excluding tert-OH is 1. The van der Waals surface area contributed by atoms with Crippen molar-refractivity contribution in [3.8, 4) is 0 Å². The standard InChI is InChI=1S/C73H125N13O15/c1-19-20-29-86(44-61(90)81(16)59(42-53-27-23-21-24-28-53)69(95)83(18)58(41-50(8)9)66(92)76-63(51(10)11)72(98)79(14)54(45-87)38-47(2)3)73(99)64(52(12)88)77-67(93)57(40-49(6)7)82(17)68(94)55(46-101-37-34-84-32-35-100-36-33-84)75-65(91)56(39-48(4)5)80(15)60(89)43-78(13)70(96)62(74)71(97)85-30-25-22-26-31-85/h21,23-24,27-28,45,47-52,54-59,62-64,88H,19-20,22,25-26,29-44,46,74H2,1-18H3,(H,75,91)(H,76,92)(H,77,93)/t52-,54+,55?,56+,57+,58+,59+,62+,63+,64+/m1/s1. The van der Waals surface area contributed by atoms with Gasteiger partial charge in [-0.15, -0.1) is 0 Å². The molecule has 2 heterocycles. The van der Waals surface area contributed by atoms with Crippen LogP contribution in [0.1, 0.15) is 146 Å². The van der Waals surface area contributed by atoms with Crippen molar-refractivity contribution in [1.82, 2.24) is 60.0 Å². The van der Waals surface area contributed by atoms with E-state index in [9.17, 15) is 48.3 Å². The van der Waals surface area contributed by atoms with Gasteiger partial charge in [0.1, 0.15) is 48.6 Å². The van der Waals surface area contributed by atoms with E-state index in [0.717, 1.165) is 35.3 Å². The Balaban J connectivity index is 2.01. The molecule has 1 unspecified atom stereocenters. The van der Waals surface area contributed by atoms with Crippen LogP contribution in [0.4, 0.5) is 0 Å². The SMILES string of the molecule is CCCCN(CC(=O)N(C)[C@@H](Cc1ccccc1)C(=O)N(C)[C@@H](CC(C)C)C(=O)N[C@H](C(=O)N(C)[C@H](C=O)CC(C)C)C(C)C)C(=O)[C@@H](NC(=O)[C@H](CC(C)C)N(C)C(=O)C(COCCN1CCOCC1)NC(=O)[C@H](CC(C)C)N(C)C(=O)CN(C)C(=O)[C@H](N)C(=O)N1CCCCC1)[C@@H](C)O. The van der Waals surface area contributed by atoms with E-state index in [1.807, 2.05) is 62.3 Å². The van der Waals surface area contributed by atoms with Crippen LogP contribution in [0.15, 0.2) is 30.3 Å². The Bertz CT molecular complexity index is 2830. The van der Waals surface area contributed by atoms with Gasteiger partial charge < -0.3 is 80.3 Å². The number of carbonyl (C=O) groups is 12. The lowest BCUT2D eigenvalue weighted by Crippen LogP contribution is -2.62. The molecule has 2 fully saturated rings. The number of morpholine rings is 1. The molecule has 2 aliphatic rings. The van der Waals surface area contributed by atoms with Crippen LogP contribution in [0.25, 0.3) is 0 Å². The van der Waals surface area contributed by atoms with E-state index in [4.69, 9.17) is 15.2 Å². The van der Waals surface area contributed by atoms with Gasteiger partial charge in [0.25, 0.3) is 0 Å². The number of benzene rings is 1. The summed E-state index contributed by atoms with van der Waals surface area (Å²) in [5.74, 6) is -8.35. The average Bonchev–Trinajstić information content (AvgIpc) is 0.820. The summed E-state index contributed by atoms with van der Waals surface area (Å²) in [5.41, 5.74) is 6.84. The molecule has 572 valence electrons. The third-order valence-electron chi connectivity index (χ3n) is 18.8. The van der Waals surface area contributed by atoms with Crippen LogP contribution in [0.3, 0.4) is 0 Å². The number of likely N-dealkylation sites (tertiary alicyclic amines) is 1. The topological polar surface area (TPSA) is 335 Å². The summed E-state index contributed by atoms with van der Waals surface area (Å²) < 4.78 is 11.6. The van der Waals surface area contributed by atoms with E-state index in [-0.39, 0.29) is 69.1 Å². The third-order valence-corrected chi connectivity index (χ3v) is 18.8. The number of aldehydes is 1. The number of nitrogens with zero attached hydrogens (tertiary/aromatic N) is 9. The van der Waals surface area contributed by atoms with Gasteiger partial charge >= 0.3 is 0 Å². The molecule has 11 amide bonds. The average molecular weight is 1420 g/mol. The number of rotatable bonds is 42. The fourth-order valence-corrected chi connectivity index (χ4v) is 12.4. The Morgan fingerprint density at radius 2 is 1.08 bits per heavy atom. The van der Waals surface area contributed by atoms with Crippen LogP contribution in [-0.4, -0.2) is 302 Å². The van der Waals surface area contributed by atoms with Gasteiger partial charge in [-0.1, -0.05) is 113 Å². The molecule has 101 heavy (non-hydrogen) atoms. The van der Waals surface area contributed by atoms with Gasteiger partial charge in [-0.25, -0.2) is 0 Å². The van der Waals surface area contributed by atoms with E-state index < -0.39 is 144 Å². The third kappa shape index (κ3) is 27.9. The predicted octanol–water partition coefficient (Wildman–Crippen LogP) is 2.01. The second kappa shape index (κ2) is 43.7. The number of piperidine rings is 1. The minimum atomic E-state index is -1.68. The smallest absolute Gasteiger partial charge is 0.249 e. The molecule has 6 N–H and O–H groups in total. The summed E-state index contributed by atoms with van der Waals surface area (Å²) >= 11 is 0. The maximum Gasteiger partial charge on any atom is 0.249 e. The maximum atomic E-state index is 15.2. The van der Waals surface area contributed by atoms with Crippen LogP contribution in [-0.2, 0) is 73.4 Å². The molecule has 2 aliphatic heterocycles. The van der Waals surface area contributed by atoms with Crippen molar-refractivity contribution in [3.05, 3.63) is 35.9 Å². The largest absolute Gasteiger partial charge is 0.391 e. The Hall–Kier alpha value is -7.14. The maximum absolute atomic E-state index is 15.2. The van der Waals surface area contributed by atoms with Gasteiger partial charge in [-0.2, -0.15) is 0 Å². The zero-order chi connectivity index (χ0) is 76.1. The zero-order valence-corrected chi connectivity index (χ0v) is 63.9. The molecular weight excluding hydrogens is 1300 g/mol. The number of nitrogens with two attached hydrogens (primary N) is 1. The van der Waals surface area contributed by atoms with Crippen LogP contribution >= 0.6 is 0 Å². The highest BCUT2D eigenvalue weighted by Crippen LogP contribution is 2.22. The second-order valence-electron chi connectivity index (χ2n) is 29.5. The fraction of sp³-hybridized carbons (Fsp3) is 0.753. The number of nitrogens with one attached hydrogen (secondary N) is 3. The number of hydrogen-bond donors (Lipinski definition) is 5. The molecule has 1 aromatic rings. The Morgan fingerprint density at radius 1 is 0.584 bits per heavy atom. The van der Waals surface area contributed by atoms with Crippen molar-refractivity contribution in [3.63, 3.8) is 0 Å². The molecular formula is C73H125N13O15. The minimum absolute atomic E-state index is 0.0108. The molecule has 0 saturated carbocycles. The molecule has 0 spiro atoms. The van der Waals surface area contributed by atoms with Crippen molar-refractivity contribution >= 4 is 71.3 Å². The molecule has 3 rings (SSSR count). The van der Waals surface area contributed by atoms with Crippen molar-refractivity contribution < 1.29 is 72.1 Å². The fourth-order valence-electron chi connectivity index (χ4n) is 12.4. The summed E-state index contributed by atoms with van der Waals surface area (Å²) in [4.78, 5) is 184. The van der Waals surface area contributed by atoms with Gasteiger partial charge in [0.2, 0.25) is 65.0 Å². The molecule has 0 bridgehead atoms. The van der Waals surface area contributed by atoms with Crippen molar-refractivity contribution in [2.75, 3.05) is 121 Å². The zero-order valence-electron chi connectivity index (χ0n) is 63.9. The van der Waals surface area contributed by atoms with E-state index in [2.05, 4.69) is 20.9 Å². The molecule has 1 aromatic carbocycles. The van der Waals surface area contributed by atoms with Gasteiger partial charge in [0.15, 0.2) is 6.04 Å². The second-order valence-corrected chi connectivity index (χ2v) is 29.5. The lowest BCUT2D eigenvalue weighted by Gasteiger charge is -2.37. The normalized spacial score (nSPS) is 16.5. The first-order valence-corrected chi connectivity index (χ1v) is 36.3. The first-order valence-electron chi connectivity index (χ1n) is 36.3. The molecule has 0 aromatic heterocycles. The van der Waals surface area contributed by atoms with Gasteiger partial charge in [0.05, 0.1) is 51.7 Å². The number of unbranched alkanes of at least 4 members (excludes halogenated alkanes) is 1. The number of carbonyl (C=O) groups excluding carboxylic acids is 12. The van der Waals surface area contributed by atoms with Gasteiger partial charge in [-0.05, 0) is 93.4 Å². The predicted molar refractivity (Wildman–Crippen MR) is 385 cm³/mol. The molecule has 2 saturated heterocycles. The number of aliphatic hydroxyl groups is 1. The first kappa shape index (κ1) is 88.1. The van der Waals surface area contributed by atoms with E-state index in [1.165, 1.54) is 73.7 Å². The number of amides is 11. The van der Waals surface area contributed by atoms with Crippen molar-refractivity contribution in [1.29, 1.82) is 0 Å². The first-order chi connectivity index (χ1) is 47.5. The van der Waals surface area contributed by atoms with Gasteiger partial charge in [0, 0.05) is 88.0 Å². The van der Waals surface area contributed by atoms with Crippen molar-refractivity contribution in [2.45, 2.75) is 208 Å². The molecule has 28 heteroatoms. The van der Waals surface area contributed by atoms with Crippen LogP contribution in [0.5, 0.6) is 0 Å². The van der Waals surface area contributed by atoms with Crippen LogP contribution < -0.4 is 21.7 Å². The monoisotopic (exact) mass is 1420 g/mol. The Labute approximate surface area is 601 Å². The lowest BCUT2D eigenvalue weighted by atomic mass is 9.96. The summed E-state index contributed by atoms with van der Waals surface area (Å²) in [6.45, 7) is 24.2. The molecule has 10 atom stereocenters. The summed E-state index contributed by atoms with van der Waals surface area (Å²) in [6, 6.07) is -2.38. The van der Waals surface area contributed by atoms with E-state index in [1.54, 1.807) is 49.1 Å².